The van der Waals surface area contributed by atoms with Crippen LogP contribution in [0.1, 0.15) is 26.2 Å². The fourth-order valence-electron chi connectivity index (χ4n) is 3.26. The van der Waals surface area contributed by atoms with Crippen LogP contribution in [0.2, 0.25) is 0 Å². The van der Waals surface area contributed by atoms with Crippen molar-refractivity contribution in [3.8, 4) is 11.4 Å². The Bertz CT molecular complexity index is 920. The summed E-state index contributed by atoms with van der Waals surface area (Å²) >= 11 is 1.55. The predicted octanol–water partition coefficient (Wildman–Crippen LogP) is 4.62. The second-order valence-corrected chi connectivity index (χ2v) is 8.04. The van der Waals surface area contributed by atoms with E-state index in [0.717, 1.165) is 48.0 Å². The molecule has 1 fully saturated rings. The Morgan fingerprint density at radius 1 is 1.07 bits per heavy atom. The smallest absolute Gasteiger partial charge is 0.241 e. The molecule has 1 saturated carbocycles. The number of nitrogens with zero attached hydrogens (tertiary/aromatic N) is 3. The van der Waals surface area contributed by atoms with E-state index < -0.39 is 4.75 Å². The number of aromatic nitrogens is 3. The zero-order valence-electron chi connectivity index (χ0n) is 15.3. The molecule has 1 aliphatic carbocycles. The molecule has 0 radical (unpaired) electrons. The number of thioether (sulfide) groups is 1. The Morgan fingerprint density at radius 2 is 1.74 bits per heavy atom. The summed E-state index contributed by atoms with van der Waals surface area (Å²) in [6.45, 7) is 2.84. The molecular formula is C21H22N4OS. The minimum atomic E-state index is -0.468. The normalized spacial score (nSPS) is 15.1. The van der Waals surface area contributed by atoms with Crippen molar-refractivity contribution < 1.29 is 4.79 Å². The van der Waals surface area contributed by atoms with Crippen molar-refractivity contribution in [2.24, 2.45) is 0 Å². The molecule has 1 N–H and O–H groups in total. The van der Waals surface area contributed by atoms with Crippen LogP contribution in [0, 0.1) is 0 Å². The van der Waals surface area contributed by atoms with Crippen molar-refractivity contribution in [1.82, 2.24) is 14.8 Å². The largest absolute Gasteiger partial charge is 0.325 e. The topological polar surface area (TPSA) is 59.8 Å². The van der Waals surface area contributed by atoms with Crippen LogP contribution in [0.3, 0.4) is 0 Å². The van der Waals surface area contributed by atoms with Gasteiger partial charge in [-0.25, -0.2) is 0 Å². The van der Waals surface area contributed by atoms with Crippen LogP contribution < -0.4 is 5.32 Å². The molecule has 6 heteroatoms. The lowest BCUT2D eigenvalue weighted by Gasteiger charge is -2.38. The standard InChI is InChI=1S/C21H22N4OS/c1-2-25-18(16-10-5-3-6-11-16)23-24-20(25)27-21(14-9-15-21)19(26)22-17-12-7-4-8-13-17/h3-8,10-13H,2,9,14-15H2,1H3,(H,22,26). The van der Waals surface area contributed by atoms with E-state index >= 15 is 0 Å². The molecule has 0 spiro atoms. The number of hydrogen-bond acceptors (Lipinski definition) is 4. The molecule has 0 bridgehead atoms. The second-order valence-electron chi connectivity index (χ2n) is 6.69. The zero-order valence-corrected chi connectivity index (χ0v) is 16.1. The number of carbonyl (C=O) groups is 1. The van der Waals surface area contributed by atoms with Crippen LogP contribution in [-0.4, -0.2) is 25.4 Å². The van der Waals surface area contributed by atoms with Crippen LogP contribution in [0.4, 0.5) is 5.69 Å². The van der Waals surface area contributed by atoms with E-state index in [1.165, 1.54) is 0 Å². The number of hydrogen-bond donors (Lipinski definition) is 1. The minimum absolute atomic E-state index is 0.0527. The third kappa shape index (κ3) is 3.49. The van der Waals surface area contributed by atoms with Crippen molar-refractivity contribution in [2.75, 3.05) is 5.32 Å². The maximum atomic E-state index is 13.0. The highest BCUT2D eigenvalue weighted by atomic mass is 32.2. The van der Waals surface area contributed by atoms with Gasteiger partial charge in [0, 0.05) is 17.8 Å². The van der Waals surface area contributed by atoms with Crippen molar-refractivity contribution >= 4 is 23.4 Å². The average Bonchev–Trinajstić information content (AvgIpc) is 3.08. The van der Waals surface area contributed by atoms with Crippen molar-refractivity contribution in [3.05, 3.63) is 60.7 Å². The van der Waals surface area contributed by atoms with Gasteiger partial charge in [0.25, 0.3) is 0 Å². The second kappa shape index (κ2) is 7.56. The first-order valence-electron chi connectivity index (χ1n) is 9.26. The minimum Gasteiger partial charge on any atom is -0.325 e. The van der Waals surface area contributed by atoms with E-state index in [9.17, 15) is 4.79 Å². The number of nitrogens with one attached hydrogen (secondary N) is 1. The van der Waals surface area contributed by atoms with Gasteiger partial charge < -0.3 is 9.88 Å². The van der Waals surface area contributed by atoms with Gasteiger partial charge in [0.2, 0.25) is 5.91 Å². The van der Waals surface area contributed by atoms with Gasteiger partial charge in [-0.3, -0.25) is 4.79 Å². The summed E-state index contributed by atoms with van der Waals surface area (Å²) in [7, 11) is 0. The molecular weight excluding hydrogens is 356 g/mol. The van der Waals surface area contributed by atoms with Gasteiger partial charge in [0.05, 0.1) is 0 Å². The van der Waals surface area contributed by atoms with Crippen LogP contribution in [-0.2, 0) is 11.3 Å². The molecule has 0 aliphatic heterocycles. The lowest BCUT2D eigenvalue weighted by molar-refractivity contribution is -0.120. The maximum Gasteiger partial charge on any atom is 0.241 e. The summed E-state index contributed by atoms with van der Waals surface area (Å²) < 4.78 is 1.62. The first-order chi connectivity index (χ1) is 13.2. The summed E-state index contributed by atoms with van der Waals surface area (Å²) in [5, 5.41) is 12.7. The van der Waals surface area contributed by atoms with Gasteiger partial charge in [-0.15, -0.1) is 10.2 Å². The lowest BCUT2D eigenvalue weighted by atomic mass is 9.83. The highest BCUT2D eigenvalue weighted by Crippen LogP contribution is 2.48. The van der Waals surface area contributed by atoms with E-state index in [-0.39, 0.29) is 5.91 Å². The molecule has 4 rings (SSSR count). The van der Waals surface area contributed by atoms with Crippen molar-refractivity contribution in [3.63, 3.8) is 0 Å². The first-order valence-corrected chi connectivity index (χ1v) is 10.1. The molecule has 5 nitrogen and oxygen atoms in total. The van der Waals surface area contributed by atoms with Crippen LogP contribution in [0.5, 0.6) is 0 Å². The molecule has 3 aromatic rings. The van der Waals surface area contributed by atoms with E-state index in [1.54, 1.807) is 11.8 Å². The quantitative estimate of drug-likeness (QED) is 0.680. The fourth-order valence-corrected chi connectivity index (χ4v) is 4.66. The molecule has 2 aromatic carbocycles. The number of carbonyl (C=O) groups excluding carboxylic acids is 1. The van der Waals surface area contributed by atoms with E-state index in [2.05, 4.69) is 27.0 Å². The molecule has 27 heavy (non-hydrogen) atoms. The zero-order chi connectivity index (χ0) is 18.7. The third-order valence-electron chi connectivity index (χ3n) is 4.96. The fraction of sp³-hybridized carbons (Fsp3) is 0.286. The summed E-state index contributed by atoms with van der Waals surface area (Å²) in [6.07, 6.45) is 2.77. The van der Waals surface area contributed by atoms with Gasteiger partial charge >= 0.3 is 0 Å². The van der Waals surface area contributed by atoms with Gasteiger partial charge in [-0.05, 0) is 38.3 Å². The predicted molar refractivity (Wildman–Crippen MR) is 109 cm³/mol. The number of benzene rings is 2. The average molecular weight is 379 g/mol. The third-order valence-corrected chi connectivity index (χ3v) is 6.43. The number of para-hydroxylation sites is 1. The van der Waals surface area contributed by atoms with E-state index in [4.69, 9.17) is 0 Å². The molecule has 1 amide bonds. The van der Waals surface area contributed by atoms with Crippen LogP contribution in [0.15, 0.2) is 65.8 Å². The summed E-state index contributed by atoms with van der Waals surface area (Å²) in [5.41, 5.74) is 1.87. The first kappa shape index (κ1) is 17.8. The number of amides is 1. The maximum absolute atomic E-state index is 13.0. The van der Waals surface area contributed by atoms with Gasteiger partial charge in [0.15, 0.2) is 11.0 Å². The lowest BCUT2D eigenvalue weighted by Crippen LogP contribution is -2.46. The molecule has 1 aromatic heterocycles. The molecule has 138 valence electrons. The van der Waals surface area contributed by atoms with E-state index in [0.29, 0.717) is 0 Å². The Hall–Kier alpha value is -2.60. The Balaban J connectivity index is 1.58. The summed E-state index contributed by atoms with van der Waals surface area (Å²) in [6, 6.07) is 19.7. The number of anilines is 1. The van der Waals surface area contributed by atoms with Gasteiger partial charge in [-0.2, -0.15) is 0 Å². The van der Waals surface area contributed by atoms with E-state index in [1.807, 2.05) is 60.7 Å². The Morgan fingerprint density at radius 3 is 2.33 bits per heavy atom. The number of rotatable bonds is 6. The van der Waals surface area contributed by atoms with Gasteiger partial charge in [-0.1, -0.05) is 60.3 Å². The highest BCUT2D eigenvalue weighted by molar-refractivity contribution is 8.01. The van der Waals surface area contributed by atoms with Crippen LogP contribution >= 0.6 is 11.8 Å². The van der Waals surface area contributed by atoms with Crippen molar-refractivity contribution in [1.29, 1.82) is 0 Å². The molecule has 0 unspecified atom stereocenters. The molecule has 1 aliphatic rings. The van der Waals surface area contributed by atoms with Crippen LogP contribution in [0.25, 0.3) is 11.4 Å². The monoisotopic (exact) mass is 378 g/mol. The molecule has 1 heterocycles. The molecule has 0 saturated heterocycles. The highest BCUT2D eigenvalue weighted by Gasteiger charge is 2.46. The Labute approximate surface area is 163 Å². The summed E-state index contributed by atoms with van der Waals surface area (Å²) in [4.78, 5) is 13.0. The molecule has 0 atom stereocenters. The summed E-state index contributed by atoms with van der Waals surface area (Å²) in [5.74, 6) is 0.899. The van der Waals surface area contributed by atoms with Crippen molar-refractivity contribution in [2.45, 2.75) is 42.6 Å². The van der Waals surface area contributed by atoms with Gasteiger partial charge in [0.1, 0.15) is 4.75 Å². The Kier molecular flexibility index (Phi) is 4.99. The SMILES string of the molecule is CCn1c(SC2(C(=O)Nc3ccccc3)CCC2)nnc1-c1ccccc1.